The number of hydrogen-bond donors (Lipinski definition) is 0. The molecular weight excluding hydrogens is 288 g/mol. The minimum absolute atomic E-state index is 0.198. The smallest absolute Gasteiger partial charge is 0.341 e. The molecule has 23 heavy (non-hydrogen) atoms. The summed E-state index contributed by atoms with van der Waals surface area (Å²) in [7, 11) is 0. The number of likely N-dealkylation sites (N-methyl/N-ethyl adjacent to an activating group) is 1. The lowest BCUT2D eigenvalue weighted by Gasteiger charge is -2.48. The zero-order chi connectivity index (χ0) is 16.1. The summed E-state index contributed by atoms with van der Waals surface area (Å²) in [4.78, 5) is 24.2. The van der Waals surface area contributed by atoms with Gasteiger partial charge in [-0.2, -0.15) is 0 Å². The zero-order valence-electron chi connectivity index (χ0n) is 14.3. The van der Waals surface area contributed by atoms with Gasteiger partial charge in [0.2, 0.25) is 5.95 Å². The average Bonchev–Trinajstić information content (AvgIpc) is 3.34. The maximum Gasteiger partial charge on any atom is 0.349 e. The molecule has 1 saturated carbocycles. The van der Waals surface area contributed by atoms with Gasteiger partial charge in [0, 0.05) is 19.3 Å². The predicted molar refractivity (Wildman–Crippen MR) is 89.4 cm³/mol. The molecule has 2 aliphatic heterocycles. The van der Waals surface area contributed by atoms with Crippen LogP contribution >= 0.6 is 0 Å². The minimum atomic E-state index is 0.198. The van der Waals surface area contributed by atoms with Crippen LogP contribution in [-0.4, -0.2) is 53.1 Å². The van der Waals surface area contributed by atoms with E-state index in [0.717, 1.165) is 44.4 Å². The lowest BCUT2D eigenvalue weighted by molar-refractivity contribution is -0.708. The Labute approximate surface area is 138 Å². The van der Waals surface area contributed by atoms with Crippen molar-refractivity contribution in [3.8, 4) is 0 Å². The van der Waals surface area contributed by atoms with Gasteiger partial charge in [0.05, 0.1) is 12.2 Å². The van der Waals surface area contributed by atoms with E-state index >= 15 is 0 Å². The van der Waals surface area contributed by atoms with Crippen molar-refractivity contribution in [2.45, 2.75) is 46.0 Å². The van der Waals surface area contributed by atoms with E-state index in [4.69, 9.17) is 0 Å². The molecule has 4 rings (SSSR count). The fourth-order valence-corrected chi connectivity index (χ4v) is 4.21. The van der Waals surface area contributed by atoms with E-state index in [2.05, 4.69) is 21.8 Å². The molecule has 5 heteroatoms. The second-order valence-electron chi connectivity index (χ2n) is 7.72. The van der Waals surface area contributed by atoms with Gasteiger partial charge in [0.15, 0.2) is 0 Å². The van der Waals surface area contributed by atoms with Crippen LogP contribution in [0, 0.1) is 12.3 Å². The Hall–Kier alpha value is -1.49. The third-order valence-electron chi connectivity index (χ3n) is 6.52. The van der Waals surface area contributed by atoms with E-state index in [1.807, 2.05) is 6.92 Å². The number of hydrogen-bond acceptors (Lipinski definition) is 4. The van der Waals surface area contributed by atoms with Crippen LogP contribution in [0.2, 0.25) is 0 Å². The van der Waals surface area contributed by atoms with Crippen LogP contribution < -0.4 is 4.90 Å². The van der Waals surface area contributed by atoms with Gasteiger partial charge in [-0.1, -0.05) is 6.42 Å². The first kappa shape index (κ1) is 15.1. The van der Waals surface area contributed by atoms with Gasteiger partial charge in [0.25, 0.3) is 0 Å². The second-order valence-corrected chi connectivity index (χ2v) is 7.72. The minimum Gasteiger partial charge on any atom is -0.341 e. The van der Waals surface area contributed by atoms with Crippen LogP contribution in [0.5, 0.6) is 0 Å². The Morgan fingerprint density at radius 2 is 1.96 bits per heavy atom. The van der Waals surface area contributed by atoms with Crippen molar-refractivity contribution in [3.63, 3.8) is 0 Å². The standard InChI is InChI=1S/C18H27N4O/c1-3-22(11-12-22)16(23)15-13-19-17(20-14(15)2)21-9-7-18(8-10-21)5-4-6-18/h13H,3-12H2,1-2H3/q+1. The number of anilines is 1. The van der Waals surface area contributed by atoms with Crippen LogP contribution in [-0.2, 0) is 0 Å². The quantitative estimate of drug-likeness (QED) is 0.635. The summed E-state index contributed by atoms with van der Waals surface area (Å²) in [5.41, 5.74) is 2.18. The first-order chi connectivity index (χ1) is 11.1. The van der Waals surface area contributed by atoms with Crippen LogP contribution in [0.4, 0.5) is 5.95 Å². The summed E-state index contributed by atoms with van der Waals surface area (Å²) in [6.45, 7) is 8.94. The van der Waals surface area contributed by atoms with Gasteiger partial charge in [-0.25, -0.2) is 19.2 Å². The summed E-state index contributed by atoms with van der Waals surface area (Å²) >= 11 is 0. The van der Waals surface area contributed by atoms with E-state index in [9.17, 15) is 4.79 Å². The molecule has 0 atom stereocenters. The number of carbonyl (C=O) groups excluding carboxylic acids is 1. The molecular formula is C18H27N4O+. The molecule has 2 saturated heterocycles. The maximum absolute atomic E-state index is 12.7. The van der Waals surface area contributed by atoms with Crippen LogP contribution in [0.3, 0.4) is 0 Å². The summed E-state index contributed by atoms with van der Waals surface area (Å²) in [5, 5.41) is 0. The first-order valence-electron chi connectivity index (χ1n) is 9.07. The molecule has 3 fully saturated rings. The summed E-state index contributed by atoms with van der Waals surface area (Å²) in [6, 6.07) is 0. The van der Waals surface area contributed by atoms with Gasteiger partial charge < -0.3 is 4.90 Å². The van der Waals surface area contributed by atoms with Crippen LogP contribution in [0.25, 0.3) is 0 Å². The summed E-state index contributed by atoms with van der Waals surface area (Å²) in [6.07, 6.45) is 8.53. The number of quaternary nitrogens is 1. The second kappa shape index (κ2) is 5.26. The lowest BCUT2D eigenvalue weighted by Crippen LogP contribution is -2.44. The topological polar surface area (TPSA) is 46.1 Å². The highest BCUT2D eigenvalue weighted by Crippen LogP contribution is 2.49. The van der Waals surface area contributed by atoms with Crippen molar-refractivity contribution in [2.75, 3.05) is 37.6 Å². The number of amides is 1. The number of aryl methyl sites for hydroxylation is 1. The third kappa shape index (κ3) is 2.45. The number of nitrogens with zero attached hydrogens (tertiary/aromatic N) is 4. The van der Waals surface area contributed by atoms with E-state index < -0.39 is 0 Å². The Balaban J connectivity index is 1.49. The molecule has 1 spiro atoms. The Morgan fingerprint density at radius 1 is 1.26 bits per heavy atom. The van der Waals surface area contributed by atoms with Crippen molar-refractivity contribution in [3.05, 3.63) is 17.5 Å². The SMILES string of the molecule is CC[N+]1(C(=O)c2cnc(N3CCC4(CCC4)CC3)nc2C)CC1. The highest BCUT2D eigenvalue weighted by Gasteiger charge is 2.49. The molecule has 0 bridgehead atoms. The molecule has 1 amide bonds. The zero-order valence-corrected chi connectivity index (χ0v) is 14.3. The van der Waals surface area contributed by atoms with E-state index in [-0.39, 0.29) is 5.91 Å². The Morgan fingerprint density at radius 3 is 2.43 bits per heavy atom. The third-order valence-corrected chi connectivity index (χ3v) is 6.52. The van der Waals surface area contributed by atoms with E-state index in [0.29, 0.717) is 15.5 Å². The van der Waals surface area contributed by atoms with Gasteiger partial charge >= 0.3 is 5.91 Å². The summed E-state index contributed by atoms with van der Waals surface area (Å²) in [5.74, 6) is 1.01. The highest BCUT2D eigenvalue weighted by molar-refractivity contribution is 5.90. The number of carbonyl (C=O) groups is 1. The molecule has 3 heterocycles. The van der Waals surface area contributed by atoms with Gasteiger partial charge in [-0.3, -0.25) is 0 Å². The maximum atomic E-state index is 12.7. The van der Waals surface area contributed by atoms with Gasteiger partial charge in [-0.05, 0) is 44.9 Å². The van der Waals surface area contributed by atoms with Crippen molar-refractivity contribution >= 4 is 11.9 Å². The molecule has 0 aromatic carbocycles. The lowest BCUT2D eigenvalue weighted by atomic mass is 9.63. The number of aromatic nitrogens is 2. The normalized spacial score (nSPS) is 24.3. The molecule has 1 aliphatic carbocycles. The highest BCUT2D eigenvalue weighted by atomic mass is 16.2. The van der Waals surface area contributed by atoms with Crippen molar-refractivity contribution < 1.29 is 9.28 Å². The van der Waals surface area contributed by atoms with Gasteiger partial charge in [-0.15, -0.1) is 0 Å². The number of piperidine rings is 1. The summed E-state index contributed by atoms with van der Waals surface area (Å²) < 4.78 is 0.579. The Bertz CT molecular complexity index is 624. The van der Waals surface area contributed by atoms with Gasteiger partial charge in [0.1, 0.15) is 18.7 Å². The molecule has 5 nitrogen and oxygen atoms in total. The Kier molecular flexibility index (Phi) is 3.45. The van der Waals surface area contributed by atoms with Crippen molar-refractivity contribution in [2.24, 2.45) is 5.41 Å². The largest absolute Gasteiger partial charge is 0.349 e. The van der Waals surface area contributed by atoms with Crippen molar-refractivity contribution in [1.29, 1.82) is 0 Å². The van der Waals surface area contributed by atoms with Crippen LogP contribution in [0.1, 0.15) is 55.1 Å². The monoisotopic (exact) mass is 315 g/mol. The number of rotatable bonds is 3. The molecule has 0 unspecified atom stereocenters. The van der Waals surface area contributed by atoms with E-state index in [1.54, 1.807) is 6.20 Å². The fraction of sp³-hybridized carbons (Fsp3) is 0.722. The molecule has 0 radical (unpaired) electrons. The fourth-order valence-electron chi connectivity index (χ4n) is 4.21. The molecule has 3 aliphatic rings. The molecule has 124 valence electrons. The average molecular weight is 315 g/mol. The molecule has 1 aromatic rings. The van der Waals surface area contributed by atoms with Crippen molar-refractivity contribution in [1.82, 2.24) is 9.97 Å². The van der Waals surface area contributed by atoms with Crippen LogP contribution in [0.15, 0.2) is 6.20 Å². The molecule has 1 aromatic heterocycles. The van der Waals surface area contributed by atoms with E-state index in [1.165, 1.54) is 32.1 Å². The molecule has 0 N–H and O–H groups in total. The predicted octanol–water partition coefficient (Wildman–Crippen LogP) is 2.55. The first-order valence-corrected chi connectivity index (χ1v) is 9.07.